The molecular formula is C17H25ClN2O4. The maximum absolute atomic E-state index is 12.5. The summed E-state index contributed by atoms with van der Waals surface area (Å²) >= 11 is 5.88. The molecular weight excluding hydrogens is 332 g/mol. The number of hydrogen-bond acceptors (Lipinski definition) is 5. The number of aromatic hydroxyl groups is 1. The molecule has 1 heterocycles. The van der Waals surface area contributed by atoms with Gasteiger partial charge in [-0.3, -0.25) is 4.79 Å². The Bertz CT molecular complexity index is 570. The maximum Gasteiger partial charge on any atom is 0.227 e. The van der Waals surface area contributed by atoms with Crippen LogP contribution in [0.15, 0.2) is 18.2 Å². The number of phenols is 1. The Hall–Kier alpha value is -1.34. The highest BCUT2D eigenvalue weighted by atomic mass is 35.5. The van der Waals surface area contributed by atoms with Gasteiger partial charge in [0, 0.05) is 38.7 Å². The number of halogens is 1. The van der Waals surface area contributed by atoms with Gasteiger partial charge >= 0.3 is 0 Å². The minimum absolute atomic E-state index is 0.00127. The molecule has 0 radical (unpaired) electrons. The highest BCUT2D eigenvalue weighted by Gasteiger charge is 2.35. The molecule has 1 saturated heterocycles. The van der Waals surface area contributed by atoms with E-state index in [1.807, 2.05) is 11.9 Å². The molecule has 1 aromatic carbocycles. The number of hydrogen-bond donors (Lipinski definition) is 3. The molecule has 0 aromatic heterocycles. The molecule has 7 heteroatoms. The Balaban J connectivity index is 1.96. The number of phenolic OH excluding ortho intramolecular Hbond substituents is 1. The quantitative estimate of drug-likeness (QED) is 0.665. The number of likely N-dealkylation sites (tertiary alicyclic amines) is 1. The van der Waals surface area contributed by atoms with E-state index < -0.39 is 0 Å². The summed E-state index contributed by atoms with van der Waals surface area (Å²) in [5.74, 6) is 0.237. The summed E-state index contributed by atoms with van der Waals surface area (Å²) < 4.78 is 0. The lowest BCUT2D eigenvalue weighted by molar-refractivity contribution is -0.129. The van der Waals surface area contributed by atoms with E-state index in [1.165, 1.54) is 6.07 Å². The number of carbonyl (C=O) groups is 1. The van der Waals surface area contributed by atoms with Gasteiger partial charge in [0.15, 0.2) is 0 Å². The van der Waals surface area contributed by atoms with Crippen LogP contribution >= 0.6 is 11.6 Å². The third-order valence-electron chi connectivity index (χ3n) is 4.56. The zero-order valence-electron chi connectivity index (χ0n) is 13.9. The SMILES string of the molecule is CN(CCO)C[C@@H]1CN(C(=O)Cc2ccc(O)c(Cl)c2)C[C@@H]1CO. The van der Waals surface area contributed by atoms with Gasteiger partial charge < -0.3 is 25.1 Å². The van der Waals surface area contributed by atoms with E-state index in [1.54, 1.807) is 17.0 Å². The van der Waals surface area contributed by atoms with Crippen molar-refractivity contribution in [3.05, 3.63) is 28.8 Å². The second-order valence-electron chi connectivity index (χ2n) is 6.45. The molecule has 24 heavy (non-hydrogen) atoms. The highest BCUT2D eigenvalue weighted by molar-refractivity contribution is 6.32. The van der Waals surface area contributed by atoms with Crippen LogP contribution in [-0.2, 0) is 11.2 Å². The molecule has 1 aliphatic heterocycles. The average Bonchev–Trinajstić information content (AvgIpc) is 2.94. The number of aliphatic hydroxyl groups excluding tert-OH is 2. The second-order valence-corrected chi connectivity index (χ2v) is 6.86. The van der Waals surface area contributed by atoms with Crippen LogP contribution in [0.1, 0.15) is 5.56 Å². The van der Waals surface area contributed by atoms with Crippen molar-refractivity contribution in [3.8, 4) is 5.75 Å². The third-order valence-corrected chi connectivity index (χ3v) is 4.86. The van der Waals surface area contributed by atoms with E-state index in [9.17, 15) is 15.0 Å². The first kappa shape index (κ1) is 19.0. The number of rotatable bonds is 7. The van der Waals surface area contributed by atoms with Crippen LogP contribution in [0.25, 0.3) is 0 Å². The molecule has 1 amide bonds. The Morgan fingerprint density at radius 1 is 1.33 bits per heavy atom. The van der Waals surface area contributed by atoms with Crippen molar-refractivity contribution in [1.29, 1.82) is 0 Å². The molecule has 0 unspecified atom stereocenters. The standard InChI is InChI=1S/C17H25ClN2O4/c1-19(4-5-21)8-13-9-20(10-14(13)11-22)17(24)7-12-2-3-16(23)15(18)6-12/h2-3,6,13-14,21-23H,4-5,7-11H2,1H3/t13-,14-/m1/s1. The van der Waals surface area contributed by atoms with Crippen molar-refractivity contribution in [2.75, 3.05) is 46.4 Å². The second kappa shape index (κ2) is 8.67. The molecule has 134 valence electrons. The zero-order chi connectivity index (χ0) is 17.7. The first-order chi connectivity index (χ1) is 11.4. The van der Waals surface area contributed by atoms with Crippen LogP contribution in [-0.4, -0.2) is 77.5 Å². The summed E-state index contributed by atoms with van der Waals surface area (Å²) in [6.07, 6.45) is 0.220. The van der Waals surface area contributed by atoms with E-state index in [4.69, 9.17) is 16.7 Å². The summed E-state index contributed by atoms with van der Waals surface area (Å²) in [7, 11) is 1.92. The average molecular weight is 357 g/mol. The first-order valence-electron chi connectivity index (χ1n) is 8.10. The maximum atomic E-state index is 12.5. The van der Waals surface area contributed by atoms with Crippen molar-refractivity contribution < 1.29 is 20.1 Å². The van der Waals surface area contributed by atoms with Gasteiger partial charge in [-0.15, -0.1) is 0 Å². The summed E-state index contributed by atoms with van der Waals surface area (Å²) in [6, 6.07) is 4.77. The minimum atomic E-state index is -0.0116. The number of benzene rings is 1. The lowest BCUT2D eigenvalue weighted by atomic mass is 9.96. The number of carbonyl (C=O) groups excluding carboxylic acids is 1. The molecule has 1 fully saturated rings. The third kappa shape index (κ3) is 4.83. The van der Waals surface area contributed by atoms with Crippen LogP contribution in [0.3, 0.4) is 0 Å². The van der Waals surface area contributed by atoms with Crippen molar-refractivity contribution in [2.24, 2.45) is 11.8 Å². The largest absolute Gasteiger partial charge is 0.506 e. The molecule has 2 rings (SSSR count). The minimum Gasteiger partial charge on any atom is -0.506 e. The number of nitrogens with zero attached hydrogens (tertiary/aromatic N) is 2. The van der Waals surface area contributed by atoms with E-state index in [0.717, 1.165) is 12.1 Å². The molecule has 6 nitrogen and oxygen atoms in total. The van der Waals surface area contributed by atoms with Crippen LogP contribution in [0, 0.1) is 11.8 Å². The highest BCUT2D eigenvalue weighted by Crippen LogP contribution is 2.26. The monoisotopic (exact) mass is 356 g/mol. The van der Waals surface area contributed by atoms with Crippen LogP contribution in [0.4, 0.5) is 0 Å². The van der Waals surface area contributed by atoms with Gasteiger partial charge in [-0.25, -0.2) is 0 Å². The molecule has 1 aliphatic rings. The number of aliphatic hydroxyl groups is 2. The van der Waals surface area contributed by atoms with E-state index in [-0.39, 0.29) is 48.1 Å². The molecule has 3 N–H and O–H groups in total. The van der Waals surface area contributed by atoms with Gasteiger partial charge in [-0.05, 0) is 30.7 Å². The normalized spacial score (nSPS) is 20.8. The smallest absolute Gasteiger partial charge is 0.227 e. The Labute approximate surface area is 147 Å². The van der Waals surface area contributed by atoms with Crippen molar-refractivity contribution >= 4 is 17.5 Å². The molecule has 2 atom stereocenters. The van der Waals surface area contributed by atoms with Gasteiger partial charge in [-0.2, -0.15) is 0 Å². The molecule has 0 aliphatic carbocycles. The molecule has 0 spiro atoms. The van der Waals surface area contributed by atoms with E-state index in [0.29, 0.717) is 19.6 Å². The lowest BCUT2D eigenvalue weighted by Crippen LogP contribution is -2.34. The van der Waals surface area contributed by atoms with Crippen molar-refractivity contribution in [1.82, 2.24) is 9.80 Å². The summed E-state index contributed by atoms with van der Waals surface area (Å²) in [6.45, 7) is 2.60. The zero-order valence-corrected chi connectivity index (χ0v) is 14.6. The Morgan fingerprint density at radius 3 is 2.67 bits per heavy atom. The molecule has 1 aromatic rings. The fourth-order valence-corrected chi connectivity index (χ4v) is 3.37. The summed E-state index contributed by atoms with van der Waals surface area (Å²) in [4.78, 5) is 16.3. The van der Waals surface area contributed by atoms with Crippen molar-refractivity contribution in [3.63, 3.8) is 0 Å². The number of likely N-dealkylation sites (N-methyl/N-ethyl adjacent to an activating group) is 1. The van der Waals surface area contributed by atoms with Gasteiger partial charge in [0.2, 0.25) is 5.91 Å². The van der Waals surface area contributed by atoms with Crippen molar-refractivity contribution in [2.45, 2.75) is 6.42 Å². The predicted molar refractivity (Wildman–Crippen MR) is 92.0 cm³/mol. The fraction of sp³-hybridized carbons (Fsp3) is 0.588. The van der Waals surface area contributed by atoms with E-state index >= 15 is 0 Å². The van der Waals surface area contributed by atoms with Gasteiger partial charge in [-0.1, -0.05) is 17.7 Å². The Kier molecular flexibility index (Phi) is 6.86. The van der Waals surface area contributed by atoms with Crippen LogP contribution in [0.2, 0.25) is 5.02 Å². The summed E-state index contributed by atoms with van der Waals surface area (Å²) in [5, 5.41) is 28.3. The number of amides is 1. The topological polar surface area (TPSA) is 84.2 Å². The van der Waals surface area contributed by atoms with Crippen LogP contribution < -0.4 is 0 Å². The first-order valence-corrected chi connectivity index (χ1v) is 8.47. The van der Waals surface area contributed by atoms with E-state index in [2.05, 4.69) is 0 Å². The van der Waals surface area contributed by atoms with Gasteiger partial charge in [0.1, 0.15) is 5.75 Å². The lowest BCUT2D eigenvalue weighted by Gasteiger charge is -2.23. The van der Waals surface area contributed by atoms with Gasteiger partial charge in [0.05, 0.1) is 18.1 Å². The molecule has 0 saturated carbocycles. The Morgan fingerprint density at radius 2 is 2.04 bits per heavy atom. The predicted octanol–water partition coefficient (Wildman–Crippen LogP) is 0.579. The fourth-order valence-electron chi connectivity index (χ4n) is 3.17. The summed E-state index contributed by atoms with van der Waals surface area (Å²) in [5.41, 5.74) is 0.754. The van der Waals surface area contributed by atoms with Crippen LogP contribution in [0.5, 0.6) is 5.75 Å². The molecule has 0 bridgehead atoms. The van der Waals surface area contributed by atoms with Gasteiger partial charge in [0.25, 0.3) is 0 Å².